The molecule has 0 saturated carbocycles. The molecule has 38 heavy (non-hydrogen) atoms. The van der Waals surface area contributed by atoms with Crippen LogP contribution in [-0.2, 0) is 5.41 Å². The number of halogens is 1. The average molecular weight is 506 g/mol. The van der Waals surface area contributed by atoms with Crippen LogP contribution in [0.25, 0.3) is 27.7 Å². The van der Waals surface area contributed by atoms with Crippen LogP contribution in [0.2, 0.25) is 0 Å². The van der Waals surface area contributed by atoms with E-state index in [0.29, 0.717) is 34.3 Å². The molecule has 1 N–H and O–H groups in total. The van der Waals surface area contributed by atoms with Gasteiger partial charge in [-0.1, -0.05) is 68.4 Å². The van der Waals surface area contributed by atoms with Crippen LogP contribution in [0, 0.1) is 5.82 Å². The molecule has 1 heterocycles. The van der Waals surface area contributed by atoms with Crippen molar-refractivity contribution in [2.24, 2.45) is 0 Å². The maximum Gasteiger partial charge on any atom is 0.270 e. The molecular formula is C32H28FN3O2. The van der Waals surface area contributed by atoms with Crippen LogP contribution in [0.15, 0.2) is 97.1 Å². The van der Waals surface area contributed by atoms with Gasteiger partial charge in [-0.05, 0) is 64.6 Å². The highest BCUT2D eigenvalue weighted by atomic mass is 19.1. The number of ketones is 1. The molecule has 0 aliphatic rings. The number of benzene rings is 4. The molecule has 0 aliphatic heterocycles. The van der Waals surface area contributed by atoms with Crippen molar-refractivity contribution in [3.05, 3.63) is 120 Å². The summed E-state index contributed by atoms with van der Waals surface area (Å²) in [7, 11) is 1.56. The Bertz CT molecular complexity index is 1640. The standard InChI is InChI=1S/C32H28FN3O2/c1-32(2,24-10-5-4-6-11-24)20-29(37)23-9-7-8-21(18-23)22-12-17-28-27(19-22)30(31(38)34-3)36(35-28)26-15-13-25(33)14-16-26/h4-19H,20H2,1-3H3,(H,34,38). The lowest BCUT2D eigenvalue weighted by atomic mass is 9.79. The maximum absolute atomic E-state index is 13.5. The van der Waals surface area contributed by atoms with Crippen LogP contribution in [0.3, 0.4) is 0 Å². The first-order valence-corrected chi connectivity index (χ1v) is 12.5. The topological polar surface area (TPSA) is 64.0 Å². The third-order valence-electron chi connectivity index (χ3n) is 6.86. The summed E-state index contributed by atoms with van der Waals surface area (Å²) in [5.41, 5.74) is 4.75. The van der Waals surface area contributed by atoms with E-state index in [1.807, 2.05) is 60.7 Å². The fourth-order valence-electron chi connectivity index (χ4n) is 4.74. The summed E-state index contributed by atoms with van der Waals surface area (Å²) in [5, 5.41) is 7.95. The van der Waals surface area contributed by atoms with Crippen molar-refractivity contribution in [1.29, 1.82) is 0 Å². The number of aromatic nitrogens is 2. The smallest absolute Gasteiger partial charge is 0.270 e. The molecular weight excluding hydrogens is 477 g/mol. The Labute approximate surface area is 220 Å². The Morgan fingerprint density at radius 2 is 1.58 bits per heavy atom. The Hall–Kier alpha value is -4.58. The number of nitrogens with one attached hydrogen (secondary N) is 1. The SMILES string of the molecule is CNC(=O)c1c2cc(-c3cccc(C(=O)CC(C)(C)c4ccccc4)c3)ccc2nn1-c1ccc(F)cc1. The second-order valence-corrected chi connectivity index (χ2v) is 9.98. The molecule has 6 heteroatoms. The van der Waals surface area contributed by atoms with Gasteiger partial charge in [-0.2, -0.15) is 5.10 Å². The van der Waals surface area contributed by atoms with Gasteiger partial charge in [-0.3, -0.25) is 9.59 Å². The van der Waals surface area contributed by atoms with Crippen LogP contribution >= 0.6 is 0 Å². The summed E-state index contributed by atoms with van der Waals surface area (Å²) < 4.78 is 15.0. The Kier molecular flexibility index (Phi) is 6.64. The number of carbonyl (C=O) groups is 2. The Balaban J connectivity index is 1.52. The highest BCUT2D eigenvalue weighted by Gasteiger charge is 2.25. The van der Waals surface area contributed by atoms with Gasteiger partial charge in [-0.25, -0.2) is 9.07 Å². The van der Waals surface area contributed by atoms with Gasteiger partial charge in [0.1, 0.15) is 11.5 Å². The number of fused-ring (bicyclic) bond motifs is 1. The molecule has 4 aromatic carbocycles. The highest BCUT2D eigenvalue weighted by molar-refractivity contribution is 6.06. The first-order valence-electron chi connectivity index (χ1n) is 12.5. The summed E-state index contributed by atoms with van der Waals surface area (Å²) in [6, 6.07) is 29.1. The minimum absolute atomic E-state index is 0.0666. The maximum atomic E-state index is 13.5. The number of Topliss-reactive ketones (excluding diaryl/α,β-unsaturated/α-hetero) is 1. The molecule has 5 rings (SSSR count). The summed E-state index contributed by atoms with van der Waals surface area (Å²) in [6.07, 6.45) is 0.380. The fourth-order valence-corrected chi connectivity index (χ4v) is 4.74. The van der Waals surface area contributed by atoms with Crippen molar-refractivity contribution in [2.45, 2.75) is 25.7 Å². The monoisotopic (exact) mass is 505 g/mol. The lowest BCUT2D eigenvalue weighted by Gasteiger charge is -2.24. The van der Waals surface area contributed by atoms with E-state index in [0.717, 1.165) is 16.7 Å². The Morgan fingerprint density at radius 3 is 2.29 bits per heavy atom. The van der Waals surface area contributed by atoms with E-state index >= 15 is 0 Å². The lowest BCUT2D eigenvalue weighted by molar-refractivity contribution is 0.0949. The number of hydrogen-bond acceptors (Lipinski definition) is 3. The van der Waals surface area contributed by atoms with Crippen LogP contribution in [0.5, 0.6) is 0 Å². The van der Waals surface area contributed by atoms with Gasteiger partial charge >= 0.3 is 0 Å². The second-order valence-electron chi connectivity index (χ2n) is 9.98. The molecule has 0 radical (unpaired) electrons. The molecule has 0 unspecified atom stereocenters. The van der Waals surface area contributed by atoms with Crippen LogP contribution < -0.4 is 5.32 Å². The summed E-state index contributed by atoms with van der Waals surface area (Å²) in [5.74, 6) is -0.603. The molecule has 1 aromatic heterocycles. The predicted molar refractivity (Wildman–Crippen MR) is 148 cm³/mol. The highest BCUT2D eigenvalue weighted by Crippen LogP contribution is 2.31. The van der Waals surface area contributed by atoms with Crippen LogP contribution in [0.4, 0.5) is 4.39 Å². The molecule has 190 valence electrons. The predicted octanol–water partition coefficient (Wildman–Crippen LogP) is 6.74. The van der Waals surface area contributed by atoms with Gasteiger partial charge < -0.3 is 5.32 Å². The minimum Gasteiger partial charge on any atom is -0.354 e. The van der Waals surface area contributed by atoms with Crippen molar-refractivity contribution in [1.82, 2.24) is 15.1 Å². The second kappa shape index (κ2) is 10.1. The van der Waals surface area contributed by atoms with Crippen molar-refractivity contribution in [2.75, 3.05) is 7.05 Å². The third kappa shape index (κ3) is 4.85. The van der Waals surface area contributed by atoms with Gasteiger partial charge in [0.05, 0.1) is 11.2 Å². The fraction of sp³-hybridized carbons (Fsp3) is 0.156. The van der Waals surface area contributed by atoms with E-state index < -0.39 is 0 Å². The summed E-state index contributed by atoms with van der Waals surface area (Å²) in [4.78, 5) is 26.2. The molecule has 5 aromatic rings. The molecule has 1 amide bonds. The molecule has 0 atom stereocenters. The normalized spacial score (nSPS) is 11.5. The van der Waals surface area contributed by atoms with Crippen molar-refractivity contribution in [3.8, 4) is 16.8 Å². The van der Waals surface area contributed by atoms with E-state index in [-0.39, 0.29) is 22.9 Å². The molecule has 0 fully saturated rings. The average Bonchev–Trinajstić information content (AvgIpc) is 3.32. The first kappa shape index (κ1) is 25.1. The number of hydrogen-bond donors (Lipinski definition) is 1. The van der Waals surface area contributed by atoms with Crippen molar-refractivity contribution in [3.63, 3.8) is 0 Å². The van der Waals surface area contributed by atoms with Gasteiger partial charge in [0.25, 0.3) is 5.91 Å². The van der Waals surface area contributed by atoms with Crippen LogP contribution in [-0.4, -0.2) is 28.5 Å². The largest absolute Gasteiger partial charge is 0.354 e. The molecule has 0 spiro atoms. The number of amides is 1. The third-order valence-corrected chi connectivity index (χ3v) is 6.86. The zero-order chi connectivity index (χ0) is 26.9. The Morgan fingerprint density at radius 1 is 0.868 bits per heavy atom. The van der Waals surface area contributed by atoms with Gasteiger partial charge in [0.2, 0.25) is 0 Å². The van der Waals surface area contributed by atoms with Gasteiger partial charge in [-0.15, -0.1) is 0 Å². The van der Waals surface area contributed by atoms with E-state index in [2.05, 4.69) is 36.4 Å². The zero-order valence-corrected chi connectivity index (χ0v) is 21.5. The number of nitrogens with zero attached hydrogens (tertiary/aromatic N) is 2. The summed E-state index contributed by atoms with van der Waals surface area (Å²) >= 11 is 0. The molecule has 0 bridgehead atoms. The first-order chi connectivity index (χ1) is 18.3. The summed E-state index contributed by atoms with van der Waals surface area (Å²) in [6.45, 7) is 4.16. The van der Waals surface area contributed by atoms with Crippen LogP contribution in [0.1, 0.15) is 46.7 Å². The van der Waals surface area contributed by atoms with E-state index in [9.17, 15) is 14.0 Å². The number of rotatable bonds is 7. The quantitative estimate of drug-likeness (QED) is 0.249. The van der Waals surface area contributed by atoms with Gasteiger partial charge in [0, 0.05) is 24.4 Å². The van der Waals surface area contributed by atoms with E-state index in [4.69, 9.17) is 0 Å². The molecule has 0 aliphatic carbocycles. The molecule has 0 saturated heterocycles. The van der Waals surface area contributed by atoms with E-state index in [1.165, 1.54) is 16.8 Å². The molecule has 5 nitrogen and oxygen atoms in total. The minimum atomic E-state index is -0.365. The van der Waals surface area contributed by atoms with Gasteiger partial charge in [0.15, 0.2) is 5.78 Å². The number of carbonyl (C=O) groups excluding carboxylic acids is 2. The lowest BCUT2D eigenvalue weighted by Crippen LogP contribution is -2.22. The van der Waals surface area contributed by atoms with E-state index in [1.54, 1.807) is 19.2 Å². The van der Waals surface area contributed by atoms with Crippen molar-refractivity contribution < 1.29 is 14.0 Å². The van der Waals surface area contributed by atoms with Crippen molar-refractivity contribution >= 4 is 22.6 Å². The zero-order valence-electron chi connectivity index (χ0n) is 21.5.